The van der Waals surface area contributed by atoms with Gasteiger partial charge in [-0.15, -0.1) is 0 Å². The molecule has 2 aromatic heterocycles. The van der Waals surface area contributed by atoms with Gasteiger partial charge < -0.3 is 14.4 Å². The van der Waals surface area contributed by atoms with Gasteiger partial charge >= 0.3 is 5.97 Å². The van der Waals surface area contributed by atoms with Crippen molar-refractivity contribution >= 4 is 17.0 Å². The molecule has 6 nitrogen and oxygen atoms in total. The van der Waals surface area contributed by atoms with Gasteiger partial charge in [-0.3, -0.25) is 4.98 Å². The second-order valence-electron chi connectivity index (χ2n) is 6.41. The van der Waals surface area contributed by atoms with Crippen molar-refractivity contribution in [1.82, 2.24) is 14.5 Å². The number of methoxy groups -OCH3 is 1. The summed E-state index contributed by atoms with van der Waals surface area (Å²) in [4.78, 5) is 20.4. The summed E-state index contributed by atoms with van der Waals surface area (Å²) in [6.07, 6.45) is 2.31. The molecule has 0 saturated carbocycles. The van der Waals surface area contributed by atoms with Crippen LogP contribution in [0.3, 0.4) is 0 Å². The molecular weight excluding hydrogens is 354 g/mol. The number of pyridine rings is 1. The standard InChI is InChI=1S/C22H19N3O3/c1-28-17-8-6-15(7-9-17)11-13-25-20-5-3-2-4-18(20)24-21(25)19-14-16(22(26)27)10-12-23-19/h2-10,12,14H,11,13H2,1H3,(H,26,27). The average molecular weight is 373 g/mol. The topological polar surface area (TPSA) is 77.2 Å². The molecule has 1 N–H and O–H groups in total. The van der Waals surface area contributed by atoms with Gasteiger partial charge in [-0.2, -0.15) is 0 Å². The van der Waals surface area contributed by atoms with E-state index < -0.39 is 5.97 Å². The molecule has 2 aromatic carbocycles. The number of carbonyl (C=O) groups is 1. The molecule has 0 saturated heterocycles. The largest absolute Gasteiger partial charge is 0.497 e. The van der Waals surface area contributed by atoms with Crippen LogP contribution in [0.25, 0.3) is 22.6 Å². The van der Waals surface area contributed by atoms with Crippen LogP contribution in [0.15, 0.2) is 66.9 Å². The van der Waals surface area contributed by atoms with Crippen molar-refractivity contribution in [2.75, 3.05) is 7.11 Å². The van der Waals surface area contributed by atoms with E-state index in [1.807, 2.05) is 48.5 Å². The second kappa shape index (κ2) is 7.52. The number of fused-ring (bicyclic) bond motifs is 1. The van der Waals surface area contributed by atoms with Crippen LogP contribution >= 0.6 is 0 Å². The number of nitrogens with zero attached hydrogens (tertiary/aromatic N) is 3. The highest BCUT2D eigenvalue weighted by Crippen LogP contribution is 2.25. The third-order valence-electron chi connectivity index (χ3n) is 4.67. The van der Waals surface area contributed by atoms with Gasteiger partial charge in [0.15, 0.2) is 5.82 Å². The number of rotatable bonds is 6. The van der Waals surface area contributed by atoms with Crippen molar-refractivity contribution in [3.63, 3.8) is 0 Å². The van der Waals surface area contributed by atoms with Gasteiger partial charge in [0.1, 0.15) is 11.4 Å². The molecule has 4 rings (SSSR count). The number of benzene rings is 2. The molecule has 2 heterocycles. The normalized spacial score (nSPS) is 10.9. The van der Waals surface area contributed by atoms with E-state index in [4.69, 9.17) is 9.72 Å². The summed E-state index contributed by atoms with van der Waals surface area (Å²) in [5.74, 6) is 0.509. The number of hydrogen-bond acceptors (Lipinski definition) is 4. The van der Waals surface area contributed by atoms with Crippen molar-refractivity contribution in [3.05, 3.63) is 78.0 Å². The van der Waals surface area contributed by atoms with Crippen molar-refractivity contribution < 1.29 is 14.6 Å². The number of ether oxygens (including phenoxy) is 1. The Morgan fingerprint density at radius 2 is 1.89 bits per heavy atom. The maximum absolute atomic E-state index is 11.3. The van der Waals surface area contributed by atoms with Crippen LogP contribution in [0.2, 0.25) is 0 Å². The monoisotopic (exact) mass is 373 g/mol. The fourth-order valence-corrected chi connectivity index (χ4v) is 3.22. The Kier molecular flexibility index (Phi) is 4.76. The van der Waals surface area contributed by atoms with Crippen molar-refractivity contribution in [1.29, 1.82) is 0 Å². The summed E-state index contributed by atoms with van der Waals surface area (Å²) in [5.41, 5.74) is 3.77. The smallest absolute Gasteiger partial charge is 0.335 e. The van der Waals surface area contributed by atoms with Crippen LogP contribution in [0.4, 0.5) is 0 Å². The molecule has 0 spiro atoms. The van der Waals surface area contributed by atoms with E-state index in [2.05, 4.69) is 9.55 Å². The number of aromatic nitrogens is 3. The van der Waals surface area contributed by atoms with E-state index in [1.165, 1.54) is 17.8 Å². The van der Waals surface area contributed by atoms with Crippen molar-refractivity contribution in [3.8, 4) is 17.3 Å². The molecule has 0 bridgehead atoms. The van der Waals surface area contributed by atoms with Gasteiger partial charge in [0.2, 0.25) is 0 Å². The second-order valence-corrected chi connectivity index (χ2v) is 6.41. The Bertz CT molecular complexity index is 1130. The molecule has 0 atom stereocenters. The van der Waals surface area contributed by atoms with Gasteiger partial charge in [-0.1, -0.05) is 24.3 Å². The molecule has 0 amide bonds. The highest BCUT2D eigenvalue weighted by molar-refractivity contribution is 5.89. The van der Waals surface area contributed by atoms with Gasteiger partial charge in [-0.05, 0) is 48.4 Å². The zero-order valence-corrected chi connectivity index (χ0v) is 15.4. The first-order valence-electron chi connectivity index (χ1n) is 8.93. The van der Waals surface area contributed by atoms with Crippen LogP contribution in [-0.4, -0.2) is 32.7 Å². The molecule has 0 aliphatic rings. The predicted octanol–water partition coefficient (Wildman–Crippen LogP) is 4.05. The first-order chi connectivity index (χ1) is 13.7. The molecule has 6 heteroatoms. The zero-order chi connectivity index (χ0) is 19.5. The highest BCUT2D eigenvalue weighted by atomic mass is 16.5. The first kappa shape index (κ1) is 17.7. The summed E-state index contributed by atoms with van der Waals surface area (Å²) >= 11 is 0. The number of hydrogen-bond donors (Lipinski definition) is 1. The summed E-state index contributed by atoms with van der Waals surface area (Å²) in [6, 6.07) is 18.9. The summed E-state index contributed by atoms with van der Waals surface area (Å²) < 4.78 is 7.30. The lowest BCUT2D eigenvalue weighted by atomic mass is 10.1. The Labute approximate surface area is 162 Å². The minimum absolute atomic E-state index is 0.193. The Balaban J connectivity index is 1.72. The fraction of sp³-hybridized carbons (Fsp3) is 0.136. The number of aromatic carboxylic acids is 1. The van der Waals surface area contributed by atoms with Gasteiger partial charge in [0, 0.05) is 12.7 Å². The minimum atomic E-state index is -0.982. The Morgan fingerprint density at radius 1 is 1.11 bits per heavy atom. The van der Waals surface area contributed by atoms with Crippen LogP contribution in [0, 0.1) is 0 Å². The molecule has 28 heavy (non-hydrogen) atoms. The SMILES string of the molecule is COc1ccc(CCn2c(-c3cc(C(=O)O)ccn3)nc3ccccc32)cc1. The number of imidazole rings is 1. The fourth-order valence-electron chi connectivity index (χ4n) is 3.22. The Hall–Kier alpha value is -3.67. The molecule has 0 radical (unpaired) electrons. The molecule has 0 fully saturated rings. The number of carboxylic acid groups (broad SMARTS) is 1. The van der Waals surface area contributed by atoms with Crippen LogP contribution in [-0.2, 0) is 13.0 Å². The molecule has 0 aliphatic heterocycles. The van der Waals surface area contributed by atoms with E-state index in [-0.39, 0.29) is 5.56 Å². The third-order valence-corrected chi connectivity index (χ3v) is 4.67. The summed E-state index contributed by atoms with van der Waals surface area (Å²) in [7, 11) is 1.65. The zero-order valence-electron chi connectivity index (χ0n) is 15.4. The van der Waals surface area contributed by atoms with E-state index in [0.29, 0.717) is 18.1 Å². The first-order valence-corrected chi connectivity index (χ1v) is 8.93. The summed E-state index contributed by atoms with van der Waals surface area (Å²) in [6.45, 7) is 0.696. The highest BCUT2D eigenvalue weighted by Gasteiger charge is 2.15. The van der Waals surface area contributed by atoms with E-state index >= 15 is 0 Å². The molecule has 0 aliphatic carbocycles. The van der Waals surface area contributed by atoms with Crippen LogP contribution in [0.1, 0.15) is 15.9 Å². The van der Waals surface area contributed by atoms with Crippen LogP contribution < -0.4 is 4.74 Å². The molecule has 4 aromatic rings. The Morgan fingerprint density at radius 3 is 2.64 bits per heavy atom. The third kappa shape index (κ3) is 3.44. The lowest BCUT2D eigenvalue weighted by Gasteiger charge is -2.10. The van der Waals surface area contributed by atoms with Gasteiger partial charge in [0.05, 0.1) is 23.7 Å². The number of aryl methyl sites for hydroxylation is 2. The van der Waals surface area contributed by atoms with Crippen molar-refractivity contribution in [2.45, 2.75) is 13.0 Å². The van der Waals surface area contributed by atoms with Gasteiger partial charge in [-0.25, -0.2) is 9.78 Å². The average Bonchev–Trinajstić information content (AvgIpc) is 3.11. The van der Waals surface area contributed by atoms with E-state index in [0.717, 1.165) is 23.2 Å². The summed E-state index contributed by atoms with van der Waals surface area (Å²) in [5, 5.41) is 9.29. The minimum Gasteiger partial charge on any atom is -0.497 e. The van der Waals surface area contributed by atoms with Crippen molar-refractivity contribution in [2.24, 2.45) is 0 Å². The van der Waals surface area contributed by atoms with Gasteiger partial charge in [0.25, 0.3) is 0 Å². The molecule has 0 unspecified atom stereocenters. The lowest BCUT2D eigenvalue weighted by Crippen LogP contribution is -2.05. The maximum Gasteiger partial charge on any atom is 0.335 e. The van der Waals surface area contributed by atoms with E-state index in [9.17, 15) is 9.90 Å². The quantitative estimate of drug-likeness (QED) is 0.552. The number of carboxylic acids is 1. The van der Waals surface area contributed by atoms with E-state index in [1.54, 1.807) is 13.2 Å². The van der Waals surface area contributed by atoms with Crippen LogP contribution in [0.5, 0.6) is 5.75 Å². The maximum atomic E-state index is 11.3. The predicted molar refractivity (Wildman–Crippen MR) is 107 cm³/mol. The molecule has 140 valence electrons. The molecular formula is C22H19N3O3. The lowest BCUT2D eigenvalue weighted by molar-refractivity contribution is 0.0697. The number of para-hydroxylation sites is 2.